The van der Waals surface area contributed by atoms with Crippen molar-refractivity contribution in [2.45, 2.75) is 0 Å². The van der Waals surface area contributed by atoms with Gasteiger partial charge in [0.15, 0.2) is 11.5 Å². The predicted octanol–water partition coefficient (Wildman–Crippen LogP) is 4.39. The Kier molecular flexibility index (Phi) is 4.13. The molecule has 1 aliphatic rings. The van der Waals surface area contributed by atoms with E-state index in [0.717, 1.165) is 10.9 Å². The molecule has 0 aliphatic carbocycles. The maximum Gasteiger partial charge on any atom is 0.255 e. The summed E-state index contributed by atoms with van der Waals surface area (Å²) in [4.78, 5) is 12.8. The molecule has 6 nitrogen and oxygen atoms in total. The van der Waals surface area contributed by atoms with Gasteiger partial charge in [-0.25, -0.2) is 4.39 Å². The Labute approximate surface area is 165 Å². The van der Waals surface area contributed by atoms with E-state index in [0.29, 0.717) is 47.2 Å². The van der Waals surface area contributed by atoms with Gasteiger partial charge in [0.05, 0.1) is 5.52 Å². The Morgan fingerprint density at radius 3 is 2.72 bits per heavy atom. The van der Waals surface area contributed by atoms with E-state index < -0.39 is 0 Å². The molecule has 0 unspecified atom stereocenters. The van der Waals surface area contributed by atoms with Crippen LogP contribution in [0.5, 0.6) is 11.5 Å². The molecule has 2 N–H and O–H groups in total. The fourth-order valence-corrected chi connectivity index (χ4v) is 3.34. The van der Waals surface area contributed by atoms with Gasteiger partial charge in [0, 0.05) is 28.3 Å². The minimum Gasteiger partial charge on any atom is -0.486 e. The van der Waals surface area contributed by atoms with Crippen molar-refractivity contribution in [2.24, 2.45) is 0 Å². The van der Waals surface area contributed by atoms with Crippen molar-refractivity contribution in [1.82, 2.24) is 10.2 Å². The molecular weight excluding hydrogens is 373 g/mol. The van der Waals surface area contributed by atoms with Gasteiger partial charge in [-0.05, 0) is 42.5 Å². The number of nitrogens with zero attached hydrogens (tertiary/aromatic N) is 1. The third kappa shape index (κ3) is 3.27. The summed E-state index contributed by atoms with van der Waals surface area (Å²) in [5.41, 5.74) is 3.07. The average Bonchev–Trinajstić information content (AvgIpc) is 3.17. The Bertz CT molecular complexity index is 1240. The number of anilines is 1. The molecule has 0 spiro atoms. The van der Waals surface area contributed by atoms with E-state index in [9.17, 15) is 9.18 Å². The molecule has 4 aromatic rings. The number of aromatic amines is 1. The number of halogens is 1. The lowest BCUT2D eigenvalue weighted by atomic mass is 10.1. The van der Waals surface area contributed by atoms with Crippen LogP contribution in [0.25, 0.3) is 22.2 Å². The molecule has 3 aromatic carbocycles. The van der Waals surface area contributed by atoms with Gasteiger partial charge in [0.1, 0.15) is 24.7 Å². The number of hydrogen-bond donors (Lipinski definition) is 2. The number of aromatic nitrogens is 2. The van der Waals surface area contributed by atoms with Crippen molar-refractivity contribution in [1.29, 1.82) is 0 Å². The van der Waals surface area contributed by atoms with Gasteiger partial charge in [-0.2, -0.15) is 5.10 Å². The van der Waals surface area contributed by atoms with Gasteiger partial charge in [0.2, 0.25) is 0 Å². The van der Waals surface area contributed by atoms with Gasteiger partial charge in [0.25, 0.3) is 5.91 Å². The van der Waals surface area contributed by atoms with Crippen LogP contribution in [0.1, 0.15) is 10.4 Å². The second-order valence-corrected chi connectivity index (χ2v) is 6.66. The van der Waals surface area contributed by atoms with E-state index in [2.05, 4.69) is 15.5 Å². The summed E-state index contributed by atoms with van der Waals surface area (Å²) in [6.45, 7) is 0.988. The van der Waals surface area contributed by atoms with Crippen molar-refractivity contribution in [3.8, 4) is 22.8 Å². The van der Waals surface area contributed by atoms with Crippen LogP contribution >= 0.6 is 0 Å². The van der Waals surface area contributed by atoms with Crippen LogP contribution in [0.4, 0.5) is 10.1 Å². The third-order valence-electron chi connectivity index (χ3n) is 4.72. The normalized spacial score (nSPS) is 12.7. The molecule has 5 rings (SSSR count). The lowest BCUT2D eigenvalue weighted by Gasteiger charge is -2.19. The largest absolute Gasteiger partial charge is 0.486 e. The molecule has 1 amide bonds. The summed E-state index contributed by atoms with van der Waals surface area (Å²) in [5, 5.41) is 10.8. The molecule has 0 fully saturated rings. The van der Waals surface area contributed by atoms with Crippen molar-refractivity contribution >= 4 is 22.5 Å². The SMILES string of the molecule is O=C(Nc1ccc2c(c1)OCCO2)c1ccc2[nH]nc(-c3cccc(F)c3)c2c1. The van der Waals surface area contributed by atoms with E-state index in [1.807, 2.05) is 0 Å². The monoisotopic (exact) mass is 389 g/mol. The minimum absolute atomic E-state index is 0.269. The molecular formula is C22H16FN3O3. The number of amides is 1. The number of carbonyl (C=O) groups is 1. The topological polar surface area (TPSA) is 76.2 Å². The van der Waals surface area contributed by atoms with E-state index in [1.165, 1.54) is 12.1 Å². The van der Waals surface area contributed by atoms with E-state index >= 15 is 0 Å². The van der Waals surface area contributed by atoms with E-state index in [4.69, 9.17) is 9.47 Å². The highest BCUT2D eigenvalue weighted by molar-refractivity contribution is 6.07. The van der Waals surface area contributed by atoms with Crippen LogP contribution in [0.2, 0.25) is 0 Å². The first-order chi connectivity index (χ1) is 14.2. The van der Waals surface area contributed by atoms with Gasteiger partial charge >= 0.3 is 0 Å². The summed E-state index contributed by atoms with van der Waals surface area (Å²) < 4.78 is 24.7. The van der Waals surface area contributed by atoms with Crippen LogP contribution in [-0.2, 0) is 0 Å². The smallest absolute Gasteiger partial charge is 0.255 e. The number of hydrogen-bond acceptors (Lipinski definition) is 4. The molecule has 144 valence electrons. The number of nitrogens with one attached hydrogen (secondary N) is 2. The predicted molar refractivity (Wildman–Crippen MR) is 107 cm³/mol. The number of H-pyrrole nitrogens is 1. The van der Waals surface area contributed by atoms with Crippen LogP contribution in [-0.4, -0.2) is 29.3 Å². The summed E-state index contributed by atoms with van der Waals surface area (Å²) in [6, 6.07) is 16.7. The van der Waals surface area contributed by atoms with Crippen LogP contribution < -0.4 is 14.8 Å². The summed E-state index contributed by atoms with van der Waals surface area (Å²) in [5.74, 6) is 0.655. The number of benzene rings is 3. The number of fused-ring (bicyclic) bond motifs is 2. The third-order valence-corrected chi connectivity index (χ3v) is 4.72. The Hall–Kier alpha value is -3.87. The first-order valence-corrected chi connectivity index (χ1v) is 9.12. The van der Waals surface area contributed by atoms with Crippen molar-refractivity contribution < 1.29 is 18.7 Å². The fraction of sp³-hybridized carbons (Fsp3) is 0.0909. The molecule has 0 bridgehead atoms. The Morgan fingerprint density at radius 2 is 1.86 bits per heavy atom. The quantitative estimate of drug-likeness (QED) is 0.545. The number of rotatable bonds is 3. The maximum absolute atomic E-state index is 13.6. The Morgan fingerprint density at radius 1 is 1.00 bits per heavy atom. The highest BCUT2D eigenvalue weighted by Crippen LogP contribution is 2.33. The molecule has 29 heavy (non-hydrogen) atoms. The second-order valence-electron chi connectivity index (χ2n) is 6.66. The zero-order valence-corrected chi connectivity index (χ0v) is 15.2. The van der Waals surface area contributed by atoms with Gasteiger partial charge in [-0.3, -0.25) is 9.89 Å². The van der Waals surface area contributed by atoms with Crippen LogP contribution in [0, 0.1) is 5.82 Å². The molecule has 0 atom stereocenters. The van der Waals surface area contributed by atoms with Crippen molar-refractivity contribution in [2.75, 3.05) is 18.5 Å². The molecule has 0 radical (unpaired) electrons. The molecule has 1 aliphatic heterocycles. The lowest BCUT2D eigenvalue weighted by molar-refractivity contribution is 0.102. The number of ether oxygens (including phenoxy) is 2. The first kappa shape index (κ1) is 17.2. The first-order valence-electron chi connectivity index (χ1n) is 9.12. The zero-order chi connectivity index (χ0) is 19.8. The van der Waals surface area contributed by atoms with E-state index in [1.54, 1.807) is 48.5 Å². The molecule has 0 saturated heterocycles. The van der Waals surface area contributed by atoms with E-state index in [-0.39, 0.29) is 11.7 Å². The fourth-order valence-electron chi connectivity index (χ4n) is 3.34. The van der Waals surface area contributed by atoms with Gasteiger partial charge in [-0.1, -0.05) is 12.1 Å². The standard InChI is InChI=1S/C22H16FN3O3/c23-15-3-1-2-13(10-15)21-17-11-14(4-6-18(17)25-26-21)22(27)24-16-5-7-19-20(12-16)29-9-8-28-19/h1-7,10-12H,8-9H2,(H,24,27)(H,25,26). The van der Waals surface area contributed by atoms with Crippen LogP contribution in [0.3, 0.4) is 0 Å². The Balaban J connectivity index is 1.45. The molecule has 0 saturated carbocycles. The minimum atomic E-state index is -0.342. The summed E-state index contributed by atoms with van der Waals surface area (Å²) in [6.07, 6.45) is 0. The van der Waals surface area contributed by atoms with Gasteiger partial charge < -0.3 is 14.8 Å². The van der Waals surface area contributed by atoms with Crippen molar-refractivity contribution in [3.05, 3.63) is 72.0 Å². The molecule has 2 heterocycles. The lowest BCUT2D eigenvalue weighted by Crippen LogP contribution is -2.16. The maximum atomic E-state index is 13.6. The summed E-state index contributed by atoms with van der Waals surface area (Å²) >= 11 is 0. The van der Waals surface area contributed by atoms with Crippen LogP contribution in [0.15, 0.2) is 60.7 Å². The highest BCUT2D eigenvalue weighted by atomic mass is 19.1. The van der Waals surface area contributed by atoms with Crippen molar-refractivity contribution in [3.63, 3.8) is 0 Å². The summed E-state index contributed by atoms with van der Waals surface area (Å²) in [7, 11) is 0. The number of carbonyl (C=O) groups excluding carboxylic acids is 1. The average molecular weight is 389 g/mol. The molecule has 1 aromatic heterocycles. The molecule has 7 heteroatoms. The van der Waals surface area contributed by atoms with Gasteiger partial charge in [-0.15, -0.1) is 0 Å². The zero-order valence-electron chi connectivity index (χ0n) is 15.2. The second kappa shape index (κ2) is 6.94. The highest BCUT2D eigenvalue weighted by Gasteiger charge is 2.15.